The molecule has 0 saturated heterocycles. The van der Waals surface area contributed by atoms with Gasteiger partial charge in [-0.3, -0.25) is 0 Å². The SMILES string of the molecule is Cc1cc2c([cH-]1)CCCC2C.Cc1cc2c([cH-]1)CCCC2C.Cc1cc2c([cH-]1)CCCC2C.Cc1cc2c([cH-]1)CCCC2C.[CH2]=[Zr+2].[CH2]=[Zr+2].[Cl-].[Cl-]. The van der Waals surface area contributed by atoms with E-state index in [4.69, 9.17) is 0 Å². The molecular formula is C46H64Cl2Zr2-2. The van der Waals surface area contributed by atoms with Gasteiger partial charge in [0.15, 0.2) is 0 Å². The minimum absolute atomic E-state index is 0. The zero-order valence-corrected chi connectivity index (χ0v) is 39.0. The fourth-order valence-electron chi connectivity index (χ4n) is 8.67. The normalized spacial score (nSPS) is 20.7. The predicted octanol–water partition coefficient (Wildman–Crippen LogP) is 6.55. The van der Waals surface area contributed by atoms with E-state index in [0.29, 0.717) is 0 Å². The third-order valence-electron chi connectivity index (χ3n) is 11.1. The molecule has 4 aromatic rings. The van der Waals surface area contributed by atoms with Gasteiger partial charge >= 0.3 is 56.9 Å². The number of rotatable bonds is 0. The Morgan fingerprint density at radius 1 is 0.420 bits per heavy atom. The van der Waals surface area contributed by atoms with Gasteiger partial charge in [0.25, 0.3) is 0 Å². The van der Waals surface area contributed by atoms with Gasteiger partial charge in [-0.1, -0.05) is 156 Å². The van der Waals surface area contributed by atoms with E-state index < -0.39 is 0 Å². The minimum Gasteiger partial charge on any atom is -1.00 e. The standard InChI is InChI=1S/4C11H15.2CH2.2ClH.2Zr/c4*1-8-6-10-5-3-4-9(2)11(10)7-8;;;;;;/h4*6-7,9H,3-5H2,1-2H3;2*1H2;2*1H;;/q4*-1;;;;;2*+2/p-2. The second-order valence-corrected chi connectivity index (χ2v) is 15.2. The predicted molar refractivity (Wildman–Crippen MR) is 207 cm³/mol. The Hall–Kier alpha value is -0.514. The molecule has 0 heterocycles. The van der Waals surface area contributed by atoms with Gasteiger partial charge in [-0.25, -0.2) is 24.3 Å². The fraction of sp³-hybridized carbons (Fsp3) is 0.522. The molecule has 0 spiro atoms. The van der Waals surface area contributed by atoms with Crippen molar-refractivity contribution < 1.29 is 73.3 Å². The van der Waals surface area contributed by atoms with Crippen molar-refractivity contribution >= 4 is 8.42 Å². The van der Waals surface area contributed by atoms with E-state index >= 15 is 0 Å². The third kappa shape index (κ3) is 13.4. The van der Waals surface area contributed by atoms with Gasteiger partial charge in [0.1, 0.15) is 0 Å². The van der Waals surface area contributed by atoms with Crippen molar-refractivity contribution in [3.05, 3.63) is 115 Å². The van der Waals surface area contributed by atoms with E-state index in [1.807, 2.05) is 0 Å². The van der Waals surface area contributed by atoms with E-state index in [-0.39, 0.29) is 24.8 Å². The molecule has 8 rings (SSSR count). The van der Waals surface area contributed by atoms with Crippen molar-refractivity contribution in [1.29, 1.82) is 0 Å². The van der Waals surface area contributed by atoms with Crippen molar-refractivity contribution in [2.75, 3.05) is 0 Å². The second-order valence-electron chi connectivity index (χ2n) is 15.2. The molecule has 4 aliphatic carbocycles. The maximum absolute atomic E-state index is 3.34. The zero-order chi connectivity index (χ0) is 35.4. The van der Waals surface area contributed by atoms with Crippen molar-refractivity contribution in [3.63, 3.8) is 0 Å². The molecule has 0 fully saturated rings. The van der Waals surface area contributed by atoms with Crippen LogP contribution in [-0.4, -0.2) is 8.42 Å². The average Bonchev–Trinajstić information content (AvgIpc) is 3.85. The monoisotopic (exact) mass is 866 g/mol. The summed E-state index contributed by atoms with van der Waals surface area (Å²) in [5.41, 5.74) is 18.7. The van der Waals surface area contributed by atoms with Crippen LogP contribution in [0, 0.1) is 27.7 Å². The van der Waals surface area contributed by atoms with Crippen LogP contribution in [0.15, 0.2) is 48.5 Å². The Morgan fingerprint density at radius 3 is 0.760 bits per heavy atom. The summed E-state index contributed by atoms with van der Waals surface area (Å²) >= 11 is 2.60. The van der Waals surface area contributed by atoms with Gasteiger partial charge in [0.2, 0.25) is 0 Å². The summed E-state index contributed by atoms with van der Waals surface area (Å²) in [5.74, 6) is 3.25. The molecule has 4 aliphatic rings. The Morgan fingerprint density at radius 2 is 0.600 bits per heavy atom. The third-order valence-corrected chi connectivity index (χ3v) is 11.1. The van der Waals surface area contributed by atoms with E-state index in [1.54, 1.807) is 44.5 Å². The Bertz CT molecular complexity index is 1300. The zero-order valence-electron chi connectivity index (χ0n) is 32.6. The van der Waals surface area contributed by atoms with Crippen molar-refractivity contribution in [2.24, 2.45) is 0 Å². The number of halogens is 2. The molecule has 0 nitrogen and oxygen atoms in total. The first-order valence-corrected chi connectivity index (χ1v) is 22.3. The van der Waals surface area contributed by atoms with Gasteiger partial charge in [-0.2, -0.15) is 91.0 Å². The molecule has 272 valence electrons. The smallest absolute Gasteiger partial charge is 1.00 e. The number of hydrogen-bond donors (Lipinski definition) is 0. The molecule has 0 bridgehead atoms. The summed E-state index contributed by atoms with van der Waals surface area (Å²) in [7, 11) is 0. The molecule has 0 saturated carbocycles. The van der Waals surface area contributed by atoms with Gasteiger partial charge in [0, 0.05) is 0 Å². The van der Waals surface area contributed by atoms with Gasteiger partial charge < -0.3 is 24.8 Å². The van der Waals surface area contributed by atoms with Crippen LogP contribution >= 0.6 is 0 Å². The van der Waals surface area contributed by atoms with Crippen LogP contribution < -0.4 is 24.8 Å². The molecule has 0 aliphatic heterocycles. The summed E-state index contributed by atoms with van der Waals surface area (Å²) < 4.78 is 6.68. The molecule has 50 heavy (non-hydrogen) atoms. The van der Waals surface area contributed by atoms with Gasteiger partial charge in [-0.05, 0) is 0 Å². The van der Waals surface area contributed by atoms with Gasteiger partial charge in [0.05, 0.1) is 0 Å². The summed E-state index contributed by atoms with van der Waals surface area (Å²) in [6.45, 7) is 18.2. The first-order chi connectivity index (χ1) is 23.1. The van der Waals surface area contributed by atoms with Crippen LogP contribution in [0.1, 0.15) is 169 Å². The molecule has 4 heteroatoms. The second kappa shape index (κ2) is 24.0. The van der Waals surface area contributed by atoms with Crippen LogP contribution in [0.3, 0.4) is 0 Å². The molecule has 0 amide bonds. The van der Waals surface area contributed by atoms with Crippen LogP contribution in [-0.2, 0) is 74.2 Å². The summed E-state index contributed by atoms with van der Waals surface area (Å²) in [4.78, 5) is 0. The van der Waals surface area contributed by atoms with E-state index in [2.05, 4.69) is 112 Å². The molecule has 4 aromatic carbocycles. The Balaban J connectivity index is 0.000000318. The molecular weight excluding hydrogens is 806 g/mol. The summed E-state index contributed by atoms with van der Waals surface area (Å²) in [5, 5.41) is 0. The summed E-state index contributed by atoms with van der Waals surface area (Å²) in [6, 6.07) is 18.8. The molecule has 0 aromatic heterocycles. The first kappa shape index (κ1) is 47.5. The maximum Gasteiger partial charge on any atom is -1.00 e. The fourth-order valence-corrected chi connectivity index (χ4v) is 8.67. The number of aryl methyl sites for hydroxylation is 8. The first-order valence-electron chi connectivity index (χ1n) is 18.8. The van der Waals surface area contributed by atoms with Crippen molar-refractivity contribution in [2.45, 2.75) is 156 Å². The van der Waals surface area contributed by atoms with Gasteiger partial charge in [-0.15, -0.1) is 0 Å². The number of fused-ring (bicyclic) bond motifs is 4. The quantitative estimate of drug-likeness (QED) is 0.176. The molecule has 4 atom stereocenters. The van der Waals surface area contributed by atoms with E-state index in [9.17, 15) is 0 Å². The van der Waals surface area contributed by atoms with Crippen molar-refractivity contribution in [1.82, 2.24) is 0 Å². The van der Waals surface area contributed by atoms with Crippen molar-refractivity contribution in [3.8, 4) is 0 Å². The topological polar surface area (TPSA) is 0 Å². The van der Waals surface area contributed by atoms with E-state index in [1.165, 1.54) is 148 Å². The minimum atomic E-state index is 0. The average molecular weight is 870 g/mol. The largest absolute Gasteiger partial charge is 1.00 e. The molecule has 0 N–H and O–H groups in total. The Labute approximate surface area is 349 Å². The summed E-state index contributed by atoms with van der Waals surface area (Å²) in [6.07, 6.45) is 16.3. The Kier molecular flexibility index (Phi) is 22.8. The van der Waals surface area contributed by atoms with E-state index in [0.717, 1.165) is 23.7 Å². The number of hydrogen-bond acceptors (Lipinski definition) is 0. The van der Waals surface area contributed by atoms with Crippen LogP contribution in [0.4, 0.5) is 0 Å². The van der Waals surface area contributed by atoms with Crippen LogP contribution in [0.5, 0.6) is 0 Å². The molecule has 4 unspecified atom stereocenters. The van der Waals surface area contributed by atoms with Crippen LogP contribution in [0.25, 0.3) is 0 Å². The maximum atomic E-state index is 3.34. The van der Waals surface area contributed by atoms with Crippen LogP contribution in [0.2, 0.25) is 0 Å². The molecule has 0 radical (unpaired) electrons.